The van der Waals surface area contributed by atoms with Crippen LogP contribution in [0.3, 0.4) is 0 Å². The van der Waals surface area contributed by atoms with Gasteiger partial charge < -0.3 is 8.85 Å². The number of hydrogen-bond acceptors (Lipinski definition) is 4. The van der Waals surface area contributed by atoms with Gasteiger partial charge in [0.05, 0.1) is 24.4 Å². The van der Waals surface area contributed by atoms with E-state index < -0.39 is 16.6 Å². The van der Waals surface area contributed by atoms with Gasteiger partial charge in [0, 0.05) is 18.9 Å². The Morgan fingerprint density at radius 2 is 1.60 bits per heavy atom. The zero-order valence-corrected chi connectivity index (χ0v) is 26.1. The lowest BCUT2D eigenvalue weighted by atomic mass is 9.72. The molecule has 1 aliphatic heterocycles. The fourth-order valence-electron chi connectivity index (χ4n) is 5.16. The Kier molecular flexibility index (Phi) is 8.38. The van der Waals surface area contributed by atoms with Gasteiger partial charge in [-0.1, -0.05) is 78.0 Å². The van der Waals surface area contributed by atoms with Crippen LogP contribution in [0.4, 0.5) is 0 Å². The SMILES string of the molecule is C=CC[C@]1(O[Si](C)(C)C(C)(C)C)C[C@H]2CON(Cc3ccccc3)[C@@H]2[C@@H](O[Si](C)(C)C(C)(C)C)C1. The second-order valence-electron chi connectivity index (χ2n) is 14.0. The largest absolute Gasteiger partial charge is 0.412 e. The van der Waals surface area contributed by atoms with Crippen LogP contribution >= 0.6 is 0 Å². The summed E-state index contributed by atoms with van der Waals surface area (Å²) in [6, 6.07) is 10.9. The Bertz CT molecular complexity index is 859. The molecular weight excluding hydrogens is 466 g/mol. The van der Waals surface area contributed by atoms with Crippen molar-refractivity contribution in [3.05, 3.63) is 48.6 Å². The van der Waals surface area contributed by atoms with Crippen molar-refractivity contribution in [3.8, 4) is 0 Å². The summed E-state index contributed by atoms with van der Waals surface area (Å²) in [5, 5.41) is 2.52. The Labute approximate surface area is 217 Å². The van der Waals surface area contributed by atoms with Gasteiger partial charge in [-0.3, -0.25) is 4.84 Å². The van der Waals surface area contributed by atoms with E-state index in [9.17, 15) is 0 Å². The molecule has 0 aromatic heterocycles. The van der Waals surface area contributed by atoms with E-state index in [1.807, 2.05) is 0 Å². The van der Waals surface area contributed by atoms with Crippen LogP contribution in [0, 0.1) is 5.92 Å². The topological polar surface area (TPSA) is 30.9 Å². The Hall–Kier alpha value is -0.766. The molecule has 4 nitrogen and oxygen atoms in total. The molecule has 1 aliphatic carbocycles. The summed E-state index contributed by atoms with van der Waals surface area (Å²) >= 11 is 0. The van der Waals surface area contributed by atoms with E-state index in [1.54, 1.807) is 0 Å². The summed E-state index contributed by atoms with van der Waals surface area (Å²) in [7, 11) is -4.00. The maximum absolute atomic E-state index is 7.29. The summed E-state index contributed by atoms with van der Waals surface area (Å²) in [6.45, 7) is 29.1. The molecule has 0 N–H and O–H groups in total. The lowest BCUT2D eigenvalue weighted by molar-refractivity contribution is -0.166. The molecule has 0 unspecified atom stereocenters. The molecule has 0 amide bonds. The van der Waals surface area contributed by atoms with E-state index in [4.69, 9.17) is 13.7 Å². The molecule has 4 atom stereocenters. The summed E-state index contributed by atoms with van der Waals surface area (Å²) in [6.07, 6.45) is 4.89. The minimum atomic E-state index is -2.01. The van der Waals surface area contributed by atoms with Crippen molar-refractivity contribution in [2.75, 3.05) is 6.61 Å². The van der Waals surface area contributed by atoms with Crippen molar-refractivity contribution in [1.82, 2.24) is 5.06 Å². The van der Waals surface area contributed by atoms with E-state index >= 15 is 0 Å². The summed E-state index contributed by atoms with van der Waals surface area (Å²) in [5.74, 6) is 0.381. The van der Waals surface area contributed by atoms with Crippen molar-refractivity contribution in [1.29, 1.82) is 0 Å². The number of hydroxylamine groups is 2. The van der Waals surface area contributed by atoms with Gasteiger partial charge in [-0.25, -0.2) is 0 Å². The molecule has 1 saturated heterocycles. The Morgan fingerprint density at radius 3 is 2.14 bits per heavy atom. The number of benzene rings is 1. The highest BCUT2D eigenvalue weighted by molar-refractivity contribution is 6.74. The fraction of sp³-hybridized carbons (Fsp3) is 0.724. The van der Waals surface area contributed by atoms with Gasteiger partial charge in [0.1, 0.15) is 0 Å². The zero-order valence-electron chi connectivity index (χ0n) is 24.1. The van der Waals surface area contributed by atoms with E-state index in [2.05, 4.69) is 116 Å². The predicted octanol–water partition coefficient (Wildman–Crippen LogP) is 7.94. The van der Waals surface area contributed by atoms with Gasteiger partial charge in [-0.05, 0) is 54.7 Å². The van der Waals surface area contributed by atoms with Crippen LogP contribution in [0.1, 0.15) is 66.4 Å². The van der Waals surface area contributed by atoms with Crippen molar-refractivity contribution in [2.45, 2.75) is 121 Å². The molecule has 0 bridgehead atoms. The minimum Gasteiger partial charge on any atom is -0.412 e. The van der Waals surface area contributed by atoms with Crippen LogP contribution in [0.5, 0.6) is 0 Å². The summed E-state index contributed by atoms with van der Waals surface area (Å²) < 4.78 is 14.5. The Morgan fingerprint density at radius 1 is 1.00 bits per heavy atom. The van der Waals surface area contributed by atoms with Gasteiger partial charge in [0.2, 0.25) is 0 Å². The van der Waals surface area contributed by atoms with Crippen LogP contribution in [0.15, 0.2) is 43.0 Å². The van der Waals surface area contributed by atoms with E-state index in [0.717, 1.165) is 32.4 Å². The second kappa shape index (κ2) is 10.2. The normalized spacial score (nSPS) is 28.7. The predicted molar refractivity (Wildman–Crippen MR) is 152 cm³/mol. The smallest absolute Gasteiger partial charge is 0.192 e. The average Bonchev–Trinajstić information content (AvgIpc) is 3.09. The highest BCUT2D eigenvalue weighted by Crippen LogP contribution is 2.50. The fourth-order valence-corrected chi connectivity index (χ4v) is 8.13. The maximum atomic E-state index is 7.29. The van der Waals surface area contributed by atoms with Gasteiger partial charge in [-0.15, -0.1) is 6.58 Å². The highest BCUT2D eigenvalue weighted by atomic mass is 28.4. The Balaban J connectivity index is 1.97. The molecule has 2 aliphatic rings. The molecule has 2 fully saturated rings. The third kappa shape index (κ3) is 6.39. The number of rotatable bonds is 8. The van der Waals surface area contributed by atoms with Gasteiger partial charge in [0.15, 0.2) is 16.6 Å². The first-order chi connectivity index (χ1) is 16.0. The molecule has 6 heteroatoms. The quantitative estimate of drug-likeness (QED) is 0.259. The molecule has 1 aromatic rings. The monoisotopic (exact) mass is 517 g/mol. The van der Waals surface area contributed by atoms with Crippen LogP contribution < -0.4 is 0 Å². The first-order valence-electron chi connectivity index (χ1n) is 13.4. The zero-order chi connectivity index (χ0) is 26.3. The highest BCUT2D eigenvalue weighted by Gasteiger charge is 2.56. The average molecular weight is 518 g/mol. The molecule has 1 heterocycles. The molecule has 0 spiro atoms. The second-order valence-corrected chi connectivity index (χ2v) is 23.5. The van der Waals surface area contributed by atoms with Crippen LogP contribution in [-0.4, -0.2) is 46.1 Å². The summed E-state index contributed by atoms with van der Waals surface area (Å²) in [5.41, 5.74) is 1.03. The van der Waals surface area contributed by atoms with E-state index in [1.165, 1.54) is 5.56 Å². The first kappa shape index (κ1) is 28.8. The van der Waals surface area contributed by atoms with Gasteiger partial charge in [0.25, 0.3) is 0 Å². The minimum absolute atomic E-state index is 0.0746. The molecule has 3 rings (SSSR count). The van der Waals surface area contributed by atoms with Crippen LogP contribution in [0.25, 0.3) is 0 Å². The molecule has 1 aromatic carbocycles. The lowest BCUT2D eigenvalue weighted by Gasteiger charge is -2.53. The van der Waals surface area contributed by atoms with Gasteiger partial charge in [-0.2, -0.15) is 5.06 Å². The van der Waals surface area contributed by atoms with Crippen molar-refractivity contribution < 1.29 is 13.7 Å². The first-order valence-corrected chi connectivity index (χ1v) is 19.2. The van der Waals surface area contributed by atoms with Gasteiger partial charge >= 0.3 is 0 Å². The number of nitrogens with zero attached hydrogens (tertiary/aromatic N) is 1. The number of fused-ring (bicyclic) bond motifs is 1. The van der Waals surface area contributed by atoms with Crippen LogP contribution in [-0.2, 0) is 20.2 Å². The molecule has 1 saturated carbocycles. The maximum Gasteiger partial charge on any atom is 0.192 e. The van der Waals surface area contributed by atoms with Crippen molar-refractivity contribution in [3.63, 3.8) is 0 Å². The third-order valence-corrected chi connectivity index (χ3v) is 18.1. The standard InChI is InChI=1S/C29H51NO3Si2/c1-12-18-29(33-35(10,11)28(5,6)7)19-24-22-31-30(21-23-16-14-13-15-17-23)26(24)25(20-29)32-34(8,9)27(2,3)4/h12-17,24-26H,1,18-22H2,2-11H3/t24-,25-,26-,29-/m0/s1. The molecular formula is C29H51NO3Si2. The van der Waals surface area contributed by atoms with Crippen LogP contribution in [0.2, 0.25) is 36.3 Å². The van der Waals surface area contributed by atoms with E-state index in [-0.39, 0.29) is 27.8 Å². The van der Waals surface area contributed by atoms with Crippen molar-refractivity contribution in [2.24, 2.45) is 5.92 Å². The molecule has 198 valence electrons. The molecule has 0 radical (unpaired) electrons. The lowest BCUT2D eigenvalue weighted by Crippen LogP contribution is -2.61. The summed E-state index contributed by atoms with van der Waals surface area (Å²) in [4.78, 5) is 6.40. The van der Waals surface area contributed by atoms with E-state index in [0.29, 0.717) is 5.92 Å². The third-order valence-electron chi connectivity index (χ3n) is 9.09. The van der Waals surface area contributed by atoms with Crippen molar-refractivity contribution >= 4 is 16.6 Å². The number of hydrogen-bond donors (Lipinski definition) is 0. The molecule has 35 heavy (non-hydrogen) atoms.